The number of esters is 1. The summed E-state index contributed by atoms with van der Waals surface area (Å²) in [7, 11) is 2.73. The summed E-state index contributed by atoms with van der Waals surface area (Å²) in [6.45, 7) is 0. The molecule has 0 radical (unpaired) electrons. The molecule has 1 fully saturated rings. The summed E-state index contributed by atoms with van der Waals surface area (Å²) in [4.78, 5) is 26.4. The predicted octanol–water partition coefficient (Wildman–Crippen LogP) is 6.94. The van der Waals surface area contributed by atoms with Crippen molar-refractivity contribution in [2.45, 2.75) is 37.8 Å². The van der Waals surface area contributed by atoms with Crippen LogP contribution in [0.1, 0.15) is 48.0 Å². The molecule has 1 atom stereocenters. The van der Waals surface area contributed by atoms with Crippen LogP contribution in [0, 0.1) is 23.5 Å². The minimum atomic E-state index is -1.24. The van der Waals surface area contributed by atoms with Gasteiger partial charge in [0.05, 0.1) is 42.8 Å². The minimum absolute atomic E-state index is 0.0613. The SMILES string of the molecule is COC(=O)c1ccc(NC(=O)C(C2CCCCC2)C2(c3ccc(Cl)cc3)Nc3cc(F)c(F)cc3N2)c(OC)c1. The molecule has 1 aliphatic carbocycles. The first-order valence-electron chi connectivity index (χ1n) is 13.1. The standard InChI is InChI=1S/C30H30ClF2N3O4/c1-39-26-14-18(29(38)40-2)8-13-23(26)34-28(37)27(17-6-4-3-5-7-17)30(19-9-11-20(31)12-10-19)35-24-15-21(32)22(33)16-25(24)36-30/h8-17,27,35-36H,3-7H2,1-2H3,(H,34,37). The van der Waals surface area contributed by atoms with Gasteiger partial charge in [0.2, 0.25) is 5.91 Å². The molecule has 3 N–H and O–H groups in total. The number of anilines is 3. The van der Waals surface area contributed by atoms with E-state index in [1.165, 1.54) is 20.3 Å². The van der Waals surface area contributed by atoms with Crippen molar-refractivity contribution in [2.75, 3.05) is 30.2 Å². The molecule has 3 aromatic rings. The van der Waals surface area contributed by atoms with Crippen LogP contribution >= 0.6 is 11.6 Å². The molecule has 5 rings (SSSR count). The fourth-order valence-corrected chi connectivity index (χ4v) is 6.01. The monoisotopic (exact) mass is 569 g/mol. The Morgan fingerprint density at radius 1 is 0.950 bits per heavy atom. The molecule has 1 heterocycles. The molecular formula is C30H30ClF2N3O4. The van der Waals surface area contributed by atoms with E-state index in [2.05, 4.69) is 16.0 Å². The van der Waals surface area contributed by atoms with Crippen molar-refractivity contribution < 1.29 is 27.8 Å². The molecule has 10 heteroatoms. The third-order valence-electron chi connectivity index (χ3n) is 7.77. The smallest absolute Gasteiger partial charge is 0.337 e. The molecule has 1 unspecified atom stereocenters. The van der Waals surface area contributed by atoms with E-state index in [4.69, 9.17) is 21.1 Å². The number of amides is 1. The van der Waals surface area contributed by atoms with Gasteiger partial charge in [-0.3, -0.25) is 4.79 Å². The lowest BCUT2D eigenvalue weighted by Gasteiger charge is -2.43. The molecule has 7 nitrogen and oxygen atoms in total. The molecule has 0 saturated heterocycles. The molecule has 2 aliphatic rings. The quantitative estimate of drug-likeness (QED) is 0.267. The number of fused-ring (bicyclic) bond motifs is 1. The number of benzene rings is 3. The number of rotatable bonds is 7. The van der Waals surface area contributed by atoms with Gasteiger partial charge in [0, 0.05) is 17.2 Å². The highest BCUT2D eigenvalue weighted by Gasteiger charge is 2.52. The first-order chi connectivity index (χ1) is 19.3. The summed E-state index contributed by atoms with van der Waals surface area (Å²) in [5.41, 5.74) is 0.799. The Bertz CT molecular complexity index is 1400. The second kappa shape index (κ2) is 11.3. The van der Waals surface area contributed by atoms with Gasteiger partial charge < -0.3 is 25.4 Å². The van der Waals surface area contributed by atoms with E-state index in [0.29, 0.717) is 33.4 Å². The first-order valence-corrected chi connectivity index (χ1v) is 13.5. The number of nitrogens with one attached hydrogen (secondary N) is 3. The Morgan fingerprint density at radius 3 is 2.15 bits per heavy atom. The fraction of sp³-hybridized carbons (Fsp3) is 0.333. The van der Waals surface area contributed by atoms with E-state index >= 15 is 0 Å². The van der Waals surface area contributed by atoms with Gasteiger partial charge in [-0.1, -0.05) is 43.0 Å². The summed E-state index contributed by atoms with van der Waals surface area (Å²) in [5.74, 6) is -3.33. The Kier molecular flexibility index (Phi) is 7.85. The van der Waals surface area contributed by atoms with Crippen molar-refractivity contribution >= 4 is 40.5 Å². The maximum atomic E-state index is 14.4. The van der Waals surface area contributed by atoms with Crippen LogP contribution in [0.25, 0.3) is 0 Å². The number of methoxy groups -OCH3 is 2. The maximum Gasteiger partial charge on any atom is 0.337 e. The number of halogens is 3. The van der Waals surface area contributed by atoms with Gasteiger partial charge in [-0.2, -0.15) is 0 Å². The van der Waals surface area contributed by atoms with Gasteiger partial charge in [-0.05, 0) is 54.7 Å². The number of carbonyl (C=O) groups is 2. The fourth-order valence-electron chi connectivity index (χ4n) is 5.88. The molecule has 210 valence electrons. The first kappa shape index (κ1) is 27.7. The zero-order valence-corrected chi connectivity index (χ0v) is 22.9. The molecule has 0 bridgehead atoms. The third-order valence-corrected chi connectivity index (χ3v) is 8.03. The van der Waals surface area contributed by atoms with Gasteiger partial charge in [0.15, 0.2) is 11.6 Å². The van der Waals surface area contributed by atoms with Crippen LogP contribution in [-0.2, 0) is 15.2 Å². The Balaban J connectivity index is 1.60. The molecule has 0 aromatic heterocycles. The van der Waals surface area contributed by atoms with E-state index in [0.717, 1.165) is 44.2 Å². The molecule has 1 aliphatic heterocycles. The van der Waals surface area contributed by atoms with E-state index < -0.39 is 29.2 Å². The van der Waals surface area contributed by atoms with Crippen LogP contribution in [-0.4, -0.2) is 26.1 Å². The van der Waals surface area contributed by atoms with Gasteiger partial charge in [-0.25, -0.2) is 13.6 Å². The molecular weight excluding hydrogens is 540 g/mol. The van der Waals surface area contributed by atoms with Crippen LogP contribution in [0.5, 0.6) is 5.75 Å². The largest absolute Gasteiger partial charge is 0.495 e. The normalized spacial score (nSPS) is 16.7. The molecule has 1 amide bonds. The highest BCUT2D eigenvalue weighted by atomic mass is 35.5. The van der Waals surface area contributed by atoms with Gasteiger partial charge in [-0.15, -0.1) is 0 Å². The predicted molar refractivity (Wildman–Crippen MR) is 150 cm³/mol. The van der Waals surface area contributed by atoms with Crippen LogP contribution in [0.4, 0.5) is 25.8 Å². The van der Waals surface area contributed by atoms with Gasteiger partial charge in [0.25, 0.3) is 0 Å². The number of hydrogen-bond acceptors (Lipinski definition) is 6. The van der Waals surface area contributed by atoms with E-state index in [-0.39, 0.29) is 17.4 Å². The van der Waals surface area contributed by atoms with Crippen molar-refractivity contribution in [3.05, 3.63) is 82.4 Å². The summed E-state index contributed by atoms with van der Waals surface area (Å²) >= 11 is 6.21. The summed E-state index contributed by atoms with van der Waals surface area (Å²) < 4.78 is 38.9. The van der Waals surface area contributed by atoms with E-state index in [1.54, 1.807) is 36.4 Å². The van der Waals surface area contributed by atoms with Crippen molar-refractivity contribution in [2.24, 2.45) is 11.8 Å². The second-order valence-electron chi connectivity index (χ2n) is 10.1. The number of carbonyl (C=O) groups excluding carboxylic acids is 2. The molecule has 40 heavy (non-hydrogen) atoms. The average molecular weight is 570 g/mol. The Labute approximate surface area is 236 Å². The van der Waals surface area contributed by atoms with Crippen LogP contribution in [0.15, 0.2) is 54.6 Å². The number of hydrogen-bond donors (Lipinski definition) is 3. The van der Waals surface area contributed by atoms with Gasteiger partial charge >= 0.3 is 5.97 Å². The van der Waals surface area contributed by atoms with Crippen LogP contribution < -0.4 is 20.7 Å². The van der Waals surface area contributed by atoms with E-state index in [1.807, 2.05) is 0 Å². The average Bonchev–Trinajstić information content (AvgIpc) is 3.32. The highest BCUT2D eigenvalue weighted by Crippen LogP contribution is 2.50. The van der Waals surface area contributed by atoms with Crippen molar-refractivity contribution in [1.29, 1.82) is 0 Å². The maximum absolute atomic E-state index is 14.4. The topological polar surface area (TPSA) is 88.7 Å². The second-order valence-corrected chi connectivity index (χ2v) is 10.6. The molecule has 3 aromatic carbocycles. The van der Waals surface area contributed by atoms with Crippen LogP contribution in [0.2, 0.25) is 5.02 Å². The molecule has 1 saturated carbocycles. The highest BCUT2D eigenvalue weighted by molar-refractivity contribution is 6.30. The lowest BCUT2D eigenvalue weighted by atomic mass is 9.71. The zero-order valence-electron chi connectivity index (χ0n) is 22.2. The lowest BCUT2D eigenvalue weighted by Crippen LogP contribution is -2.54. The van der Waals surface area contributed by atoms with Crippen molar-refractivity contribution in [3.63, 3.8) is 0 Å². The third kappa shape index (κ3) is 5.18. The van der Waals surface area contributed by atoms with Crippen molar-refractivity contribution in [3.8, 4) is 5.75 Å². The lowest BCUT2D eigenvalue weighted by molar-refractivity contribution is -0.124. The summed E-state index contributed by atoms with van der Waals surface area (Å²) in [5, 5.41) is 10.2. The minimum Gasteiger partial charge on any atom is -0.495 e. The van der Waals surface area contributed by atoms with E-state index in [9.17, 15) is 18.4 Å². The summed E-state index contributed by atoms with van der Waals surface area (Å²) in [6.07, 6.45) is 4.58. The summed E-state index contributed by atoms with van der Waals surface area (Å²) in [6, 6.07) is 13.9. The number of ether oxygens (including phenoxy) is 2. The van der Waals surface area contributed by atoms with Crippen molar-refractivity contribution in [1.82, 2.24) is 0 Å². The Morgan fingerprint density at radius 2 is 1.57 bits per heavy atom. The Hall–Kier alpha value is -3.85. The van der Waals surface area contributed by atoms with Gasteiger partial charge in [0.1, 0.15) is 11.4 Å². The molecule has 0 spiro atoms. The van der Waals surface area contributed by atoms with Crippen LogP contribution in [0.3, 0.4) is 0 Å². The zero-order chi connectivity index (χ0) is 28.4.